The van der Waals surface area contributed by atoms with Gasteiger partial charge in [-0.25, -0.2) is 4.68 Å². The van der Waals surface area contributed by atoms with E-state index >= 15 is 0 Å². The van der Waals surface area contributed by atoms with Crippen LogP contribution in [0.4, 0.5) is 0 Å². The van der Waals surface area contributed by atoms with E-state index in [-0.39, 0.29) is 11.6 Å². The highest BCUT2D eigenvalue weighted by Crippen LogP contribution is 2.19. The molecule has 0 N–H and O–H groups in total. The van der Waals surface area contributed by atoms with E-state index in [4.69, 9.17) is 9.47 Å². The number of benzene rings is 1. The van der Waals surface area contributed by atoms with Crippen LogP contribution in [0.3, 0.4) is 0 Å². The fraction of sp³-hybridized carbons (Fsp3) is 0.438. The molecule has 2 heterocycles. The minimum Gasteiger partial charge on any atom is -0.479 e. The quantitative estimate of drug-likeness (QED) is 0.845. The zero-order valence-electron chi connectivity index (χ0n) is 13.4. The third kappa shape index (κ3) is 3.34. The van der Waals surface area contributed by atoms with Gasteiger partial charge in [0, 0.05) is 13.1 Å². The van der Waals surface area contributed by atoms with E-state index in [9.17, 15) is 4.79 Å². The summed E-state index contributed by atoms with van der Waals surface area (Å²) in [5.74, 6) is 0.224. The number of aryl methyl sites for hydroxylation is 1. The molecule has 0 bridgehead atoms. The van der Waals surface area contributed by atoms with Crippen molar-refractivity contribution in [3.8, 4) is 5.88 Å². The third-order valence-electron chi connectivity index (χ3n) is 3.84. The summed E-state index contributed by atoms with van der Waals surface area (Å²) in [7, 11) is 1.53. The Balaban J connectivity index is 1.81. The van der Waals surface area contributed by atoms with Gasteiger partial charge >= 0.3 is 0 Å². The number of amides is 1. The largest absolute Gasteiger partial charge is 0.479 e. The van der Waals surface area contributed by atoms with Gasteiger partial charge in [0.1, 0.15) is 0 Å². The Labute approximate surface area is 134 Å². The van der Waals surface area contributed by atoms with Gasteiger partial charge in [0.15, 0.2) is 0 Å². The first-order chi connectivity index (χ1) is 11.2. The molecule has 7 heteroatoms. The zero-order valence-corrected chi connectivity index (χ0v) is 13.4. The van der Waals surface area contributed by atoms with E-state index in [1.54, 1.807) is 9.58 Å². The second kappa shape index (κ2) is 6.78. The summed E-state index contributed by atoms with van der Waals surface area (Å²) < 4.78 is 12.3. The number of carbonyl (C=O) groups excluding carboxylic acids is 1. The normalized spacial score (nSPS) is 14.8. The van der Waals surface area contributed by atoms with Crippen molar-refractivity contribution in [2.75, 3.05) is 33.4 Å². The van der Waals surface area contributed by atoms with Crippen molar-refractivity contribution in [3.63, 3.8) is 0 Å². The van der Waals surface area contributed by atoms with Crippen LogP contribution in [0.25, 0.3) is 0 Å². The summed E-state index contributed by atoms with van der Waals surface area (Å²) in [5.41, 5.74) is 2.52. The number of morpholine rings is 1. The standard InChI is InChI=1S/C16H20N4O3/c1-12-3-5-13(6-4-12)11-20-16(22-2)14(17-18-20)15(21)19-7-9-23-10-8-19/h3-6H,7-11H2,1-2H3. The molecular formula is C16H20N4O3. The van der Waals surface area contributed by atoms with E-state index < -0.39 is 0 Å². The summed E-state index contributed by atoms with van der Waals surface area (Å²) in [6, 6.07) is 8.14. The maximum atomic E-state index is 12.6. The second-order valence-electron chi connectivity index (χ2n) is 5.50. The fourth-order valence-corrected chi connectivity index (χ4v) is 2.53. The highest BCUT2D eigenvalue weighted by Gasteiger charge is 2.26. The number of aromatic nitrogens is 3. The fourth-order valence-electron chi connectivity index (χ4n) is 2.53. The van der Waals surface area contributed by atoms with Gasteiger partial charge in [-0.2, -0.15) is 0 Å². The SMILES string of the molecule is COc1c(C(=O)N2CCOCC2)nnn1Cc1ccc(C)cc1. The van der Waals surface area contributed by atoms with Crippen LogP contribution < -0.4 is 4.74 Å². The molecule has 1 amide bonds. The van der Waals surface area contributed by atoms with Crippen LogP contribution in [-0.4, -0.2) is 59.2 Å². The van der Waals surface area contributed by atoms with Gasteiger partial charge in [0.25, 0.3) is 5.91 Å². The van der Waals surface area contributed by atoms with Crippen molar-refractivity contribution in [1.82, 2.24) is 19.9 Å². The Kier molecular flexibility index (Phi) is 4.57. The molecule has 7 nitrogen and oxygen atoms in total. The van der Waals surface area contributed by atoms with Crippen LogP contribution in [0, 0.1) is 6.92 Å². The summed E-state index contributed by atoms with van der Waals surface area (Å²) in [4.78, 5) is 14.3. The summed E-state index contributed by atoms with van der Waals surface area (Å²) >= 11 is 0. The number of rotatable bonds is 4. The van der Waals surface area contributed by atoms with Gasteiger partial charge < -0.3 is 14.4 Å². The zero-order chi connectivity index (χ0) is 16.2. The highest BCUT2D eigenvalue weighted by atomic mass is 16.5. The molecule has 1 fully saturated rings. The number of hydrogen-bond acceptors (Lipinski definition) is 5. The number of ether oxygens (including phenoxy) is 2. The van der Waals surface area contributed by atoms with Crippen LogP contribution in [0.1, 0.15) is 21.6 Å². The molecule has 2 aromatic rings. The maximum Gasteiger partial charge on any atom is 0.280 e. The first kappa shape index (κ1) is 15.5. The molecule has 0 spiro atoms. The molecule has 23 heavy (non-hydrogen) atoms. The Morgan fingerprint density at radius 3 is 2.61 bits per heavy atom. The van der Waals surface area contributed by atoms with Gasteiger partial charge in [-0.15, -0.1) is 5.10 Å². The number of carbonyl (C=O) groups is 1. The van der Waals surface area contributed by atoms with Gasteiger partial charge in [0.05, 0.1) is 26.9 Å². The van der Waals surface area contributed by atoms with Crippen molar-refractivity contribution in [1.29, 1.82) is 0 Å². The molecule has 3 rings (SSSR count). The van der Waals surface area contributed by atoms with Crippen LogP contribution >= 0.6 is 0 Å². The van der Waals surface area contributed by atoms with E-state index in [2.05, 4.69) is 10.3 Å². The summed E-state index contributed by atoms with van der Waals surface area (Å²) in [5, 5.41) is 8.12. The lowest BCUT2D eigenvalue weighted by molar-refractivity contribution is 0.0296. The van der Waals surface area contributed by atoms with Crippen LogP contribution in [0.15, 0.2) is 24.3 Å². The van der Waals surface area contributed by atoms with Crippen molar-refractivity contribution < 1.29 is 14.3 Å². The minimum absolute atomic E-state index is 0.166. The van der Waals surface area contributed by atoms with Crippen molar-refractivity contribution >= 4 is 5.91 Å². The molecule has 1 aromatic carbocycles. The lowest BCUT2D eigenvalue weighted by Gasteiger charge is -2.26. The Bertz CT molecular complexity index is 675. The minimum atomic E-state index is -0.166. The molecule has 1 saturated heterocycles. The van der Waals surface area contributed by atoms with Gasteiger partial charge in [-0.1, -0.05) is 35.0 Å². The second-order valence-corrected chi connectivity index (χ2v) is 5.50. The molecule has 0 radical (unpaired) electrons. The molecule has 0 unspecified atom stereocenters. The van der Waals surface area contributed by atoms with E-state index in [1.807, 2.05) is 31.2 Å². The van der Waals surface area contributed by atoms with Crippen molar-refractivity contribution in [2.45, 2.75) is 13.5 Å². The van der Waals surface area contributed by atoms with Gasteiger partial charge in [-0.05, 0) is 12.5 Å². The molecule has 0 atom stereocenters. The Morgan fingerprint density at radius 1 is 1.26 bits per heavy atom. The predicted octanol–water partition coefficient (Wildman–Crippen LogP) is 1.12. The molecule has 1 aromatic heterocycles. The molecule has 1 aliphatic rings. The third-order valence-corrected chi connectivity index (χ3v) is 3.84. The first-order valence-electron chi connectivity index (χ1n) is 7.59. The van der Waals surface area contributed by atoms with Crippen molar-refractivity contribution in [2.24, 2.45) is 0 Å². The summed E-state index contributed by atoms with van der Waals surface area (Å²) in [6.45, 7) is 4.77. The van der Waals surface area contributed by atoms with Gasteiger partial charge in [-0.3, -0.25) is 4.79 Å². The first-order valence-corrected chi connectivity index (χ1v) is 7.59. The molecule has 0 aliphatic carbocycles. The Hall–Kier alpha value is -2.41. The molecule has 0 saturated carbocycles. The van der Waals surface area contributed by atoms with Crippen LogP contribution in [0.2, 0.25) is 0 Å². The molecule has 1 aliphatic heterocycles. The Morgan fingerprint density at radius 2 is 1.96 bits per heavy atom. The lowest BCUT2D eigenvalue weighted by Crippen LogP contribution is -2.41. The molecular weight excluding hydrogens is 296 g/mol. The smallest absolute Gasteiger partial charge is 0.280 e. The van der Waals surface area contributed by atoms with Crippen molar-refractivity contribution in [3.05, 3.63) is 41.1 Å². The molecule has 122 valence electrons. The number of methoxy groups -OCH3 is 1. The average Bonchev–Trinajstić information content (AvgIpc) is 2.99. The monoisotopic (exact) mass is 316 g/mol. The summed E-state index contributed by atoms with van der Waals surface area (Å²) in [6.07, 6.45) is 0. The number of hydrogen-bond donors (Lipinski definition) is 0. The van der Waals surface area contributed by atoms with Gasteiger partial charge in [0.2, 0.25) is 11.6 Å². The van der Waals surface area contributed by atoms with E-state index in [1.165, 1.54) is 12.7 Å². The van der Waals surface area contributed by atoms with E-state index in [0.29, 0.717) is 38.7 Å². The van der Waals surface area contributed by atoms with Crippen LogP contribution in [0.5, 0.6) is 5.88 Å². The maximum absolute atomic E-state index is 12.6. The predicted molar refractivity (Wildman–Crippen MR) is 83.6 cm³/mol. The average molecular weight is 316 g/mol. The van der Waals surface area contributed by atoms with Crippen LogP contribution in [-0.2, 0) is 11.3 Å². The number of nitrogens with zero attached hydrogens (tertiary/aromatic N) is 4. The lowest BCUT2D eigenvalue weighted by atomic mass is 10.1. The van der Waals surface area contributed by atoms with E-state index in [0.717, 1.165) is 5.56 Å². The topological polar surface area (TPSA) is 69.5 Å². The highest BCUT2D eigenvalue weighted by molar-refractivity contribution is 5.94.